The summed E-state index contributed by atoms with van der Waals surface area (Å²) < 4.78 is 10.9. The zero-order valence-electron chi connectivity index (χ0n) is 17.9. The number of hydrogen-bond donors (Lipinski definition) is 0. The number of benzene rings is 1. The van der Waals surface area contributed by atoms with Crippen molar-refractivity contribution in [2.75, 3.05) is 20.3 Å². The molecule has 1 aromatic carbocycles. The van der Waals surface area contributed by atoms with Crippen molar-refractivity contribution in [3.05, 3.63) is 53.1 Å². The predicted octanol–water partition coefficient (Wildman–Crippen LogP) is 4.43. The summed E-state index contributed by atoms with van der Waals surface area (Å²) in [5.41, 5.74) is 1.44. The van der Waals surface area contributed by atoms with E-state index in [1.54, 1.807) is 37.3 Å². The lowest BCUT2D eigenvalue weighted by molar-refractivity contribution is -0.140. The smallest absolute Gasteiger partial charge is 0.271 e. The standard InChI is InChI=1S/C24H28N2O4/c1-5-7-8-9-12-26-23(27)19(17(3)20(16-25)24(26)28)14-18-10-11-21(30-13-6-2)22(15-18)29-4/h6,10-11,14-15H,2,5,7-9,12-13H2,1,3-4H3/b19-14+. The quantitative estimate of drug-likeness (QED) is 0.248. The Labute approximate surface area is 178 Å². The molecule has 0 bridgehead atoms. The van der Waals surface area contributed by atoms with Crippen molar-refractivity contribution >= 4 is 17.9 Å². The Bertz CT molecular complexity index is 922. The maximum absolute atomic E-state index is 13.1. The topological polar surface area (TPSA) is 79.6 Å². The van der Waals surface area contributed by atoms with E-state index in [1.807, 2.05) is 6.07 Å². The Morgan fingerprint density at radius 2 is 1.93 bits per heavy atom. The Kier molecular flexibility index (Phi) is 8.42. The molecule has 1 aromatic rings. The van der Waals surface area contributed by atoms with E-state index in [1.165, 1.54) is 12.0 Å². The monoisotopic (exact) mass is 408 g/mol. The lowest BCUT2D eigenvalue weighted by atomic mass is 9.93. The molecule has 0 saturated carbocycles. The highest BCUT2D eigenvalue weighted by molar-refractivity contribution is 6.19. The number of nitriles is 1. The SMILES string of the molecule is C=CCOc1ccc(/C=C2/C(=O)N(CCCCCC)C(=O)C(C#N)=C2C)cc1OC. The Morgan fingerprint density at radius 3 is 2.57 bits per heavy atom. The van der Waals surface area contributed by atoms with Gasteiger partial charge in [0.05, 0.1) is 7.11 Å². The number of unbranched alkanes of at least 4 members (excludes halogenated alkanes) is 3. The highest BCUT2D eigenvalue weighted by atomic mass is 16.5. The number of carbonyl (C=O) groups is 2. The Hall–Kier alpha value is -3.33. The number of rotatable bonds is 10. The van der Waals surface area contributed by atoms with Gasteiger partial charge in [-0.2, -0.15) is 5.26 Å². The van der Waals surface area contributed by atoms with Gasteiger partial charge < -0.3 is 9.47 Å². The lowest BCUT2D eigenvalue weighted by Gasteiger charge is -2.27. The fraction of sp³-hybridized carbons (Fsp3) is 0.375. The van der Waals surface area contributed by atoms with Crippen LogP contribution in [0, 0.1) is 11.3 Å². The molecule has 1 heterocycles. The van der Waals surface area contributed by atoms with Gasteiger partial charge in [-0.15, -0.1) is 0 Å². The molecule has 0 fully saturated rings. The van der Waals surface area contributed by atoms with Crippen molar-refractivity contribution < 1.29 is 19.1 Å². The first kappa shape index (κ1) is 23.0. The molecule has 158 valence electrons. The van der Waals surface area contributed by atoms with E-state index in [9.17, 15) is 14.9 Å². The summed E-state index contributed by atoms with van der Waals surface area (Å²) in [5, 5.41) is 9.49. The van der Waals surface area contributed by atoms with Gasteiger partial charge in [0, 0.05) is 12.1 Å². The van der Waals surface area contributed by atoms with E-state index in [4.69, 9.17) is 9.47 Å². The normalized spacial score (nSPS) is 15.4. The molecule has 0 atom stereocenters. The van der Waals surface area contributed by atoms with Gasteiger partial charge >= 0.3 is 0 Å². The molecule has 0 saturated heterocycles. The van der Waals surface area contributed by atoms with Crippen LogP contribution in [0.2, 0.25) is 0 Å². The molecule has 2 amide bonds. The lowest BCUT2D eigenvalue weighted by Crippen LogP contribution is -2.43. The molecule has 0 radical (unpaired) electrons. The number of methoxy groups -OCH3 is 1. The molecule has 6 heteroatoms. The van der Waals surface area contributed by atoms with E-state index in [0.717, 1.165) is 25.7 Å². The maximum atomic E-state index is 13.1. The molecule has 0 N–H and O–H groups in total. The molecule has 2 rings (SSSR count). The highest BCUT2D eigenvalue weighted by Crippen LogP contribution is 2.31. The van der Waals surface area contributed by atoms with Gasteiger partial charge in [0.25, 0.3) is 11.8 Å². The Balaban J connectivity index is 2.40. The van der Waals surface area contributed by atoms with Crippen LogP contribution in [0.3, 0.4) is 0 Å². The molecule has 0 aliphatic carbocycles. The summed E-state index contributed by atoms with van der Waals surface area (Å²) in [5.74, 6) is 0.190. The van der Waals surface area contributed by atoms with Gasteiger partial charge in [0.2, 0.25) is 0 Å². The second-order valence-corrected chi connectivity index (χ2v) is 7.00. The van der Waals surface area contributed by atoms with Gasteiger partial charge in [0.1, 0.15) is 18.2 Å². The second kappa shape index (κ2) is 11.0. The number of hydrogen-bond acceptors (Lipinski definition) is 5. The van der Waals surface area contributed by atoms with Crippen LogP contribution < -0.4 is 9.47 Å². The van der Waals surface area contributed by atoms with E-state index < -0.39 is 5.91 Å². The fourth-order valence-electron chi connectivity index (χ4n) is 3.24. The molecular formula is C24H28N2O4. The van der Waals surface area contributed by atoms with Crippen LogP contribution in [0.4, 0.5) is 0 Å². The summed E-state index contributed by atoms with van der Waals surface area (Å²) in [4.78, 5) is 26.9. The van der Waals surface area contributed by atoms with E-state index in [-0.39, 0.29) is 11.5 Å². The number of imide groups is 1. The minimum atomic E-state index is -0.514. The van der Waals surface area contributed by atoms with Crippen LogP contribution in [-0.4, -0.2) is 37.0 Å². The summed E-state index contributed by atoms with van der Waals surface area (Å²) in [7, 11) is 1.54. The van der Waals surface area contributed by atoms with E-state index in [0.29, 0.717) is 41.4 Å². The molecule has 0 spiro atoms. The van der Waals surface area contributed by atoms with Gasteiger partial charge in [-0.1, -0.05) is 44.9 Å². The second-order valence-electron chi connectivity index (χ2n) is 7.00. The fourth-order valence-corrected chi connectivity index (χ4v) is 3.24. The van der Waals surface area contributed by atoms with Crippen LogP contribution in [0.5, 0.6) is 11.5 Å². The summed E-state index contributed by atoms with van der Waals surface area (Å²) in [6.07, 6.45) is 7.07. The van der Waals surface area contributed by atoms with Crippen LogP contribution in [-0.2, 0) is 9.59 Å². The van der Waals surface area contributed by atoms with Crippen molar-refractivity contribution in [3.63, 3.8) is 0 Å². The van der Waals surface area contributed by atoms with Crippen LogP contribution in [0.25, 0.3) is 6.08 Å². The first-order valence-electron chi connectivity index (χ1n) is 10.1. The van der Waals surface area contributed by atoms with Crippen LogP contribution >= 0.6 is 0 Å². The number of carbonyl (C=O) groups excluding carboxylic acids is 2. The average molecular weight is 408 g/mol. The predicted molar refractivity (Wildman–Crippen MR) is 116 cm³/mol. The maximum Gasteiger partial charge on any atom is 0.271 e. The third-order valence-corrected chi connectivity index (χ3v) is 4.92. The number of ether oxygens (including phenoxy) is 2. The summed E-state index contributed by atoms with van der Waals surface area (Å²) in [6, 6.07) is 7.26. The molecule has 30 heavy (non-hydrogen) atoms. The van der Waals surface area contributed by atoms with Crippen molar-refractivity contribution in [2.24, 2.45) is 0 Å². The molecular weight excluding hydrogens is 380 g/mol. The summed E-state index contributed by atoms with van der Waals surface area (Å²) in [6.45, 7) is 8.01. The zero-order valence-corrected chi connectivity index (χ0v) is 17.9. The number of nitrogens with zero attached hydrogens (tertiary/aromatic N) is 2. The minimum absolute atomic E-state index is 0.00856. The first-order chi connectivity index (χ1) is 14.5. The largest absolute Gasteiger partial charge is 0.493 e. The average Bonchev–Trinajstić information content (AvgIpc) is 2.75. The highest BCUT2D eigenvalue weighted by Gasteiger charge is 2.35. The van der Waals surface area contributed by atoms with Crippen molar-refractivity contribution in [2.45, 2.75) is 39.5 Å². The van der Waals surface area contributed by atoms with Gasteiger partial charge in [-0.05, 0) is 42.7 Å². The Morgan fingerprint density at radius 1 is 1.17 bits per heavy atom. The molecule has 1 aliphatic heterocycles. The molecule has 0 aromatic heterocycles. The van der Waals surface area contributed by atoms with Gasteiger partial charge in [0.15, 0.2) is 11.5 Å². The van der Waals surface area contributed by atoms with Crippen molar-refractivity contribution in [1.29, 1.82) is 5.26 Å². The van der Waals surface area contributed by atoms with Crippen LogP contribution in [0.1, 0.15) is 45.1 Å². The number of amides is 2. The zero-order chi connectivity index (χ0) is 22.1. The van der Waals surface area contributed by atoms with Gasteiger partial charge in [-0.3, -0.25) is 14.5 Å². The van der Waals surface area contributed by atoms with E-state index in [2.05, 4.69) is 13.5 Å². The molecule has 0 unspecified atom stereocenters. The summed E-state index contributed by atoms with van der Waals surface area (Å²) >= 11 is 0. The van der Waals surface area contributed by atoms with Crippen molar-refractivity contribution in [1.82, 2.24) is 4.90 Å². The third-order valence-electron chi connectivity index (χ3n) is 4.92. The van der Waals surface area contributed by atoms with Crippen LogP contribution in [0.15, 0.2) is 47.6 Å². The third kappa shape index (κ3) is 5.18. The first-order valence-corrected chi connectivity index (χ1v) is 10.1. The van der Waals surface area contributed by atoms with Gasteiger partial charge in [-0.25, -0.2) is 0 Å². The minimum Gasteiger partial charge on any atom is -0.493 e. The molecule has 1 aliphatic rings. The van der Waals surface area contributed by atoms with E-state index >= 15 is 0 Å². The van der Waals surface area contributed by atoms with Crippen molar-refractivity contribution in [3.8, 4) is 17.6 Å². The molecule has 6 nitrogen and oxygen atoms in total.